The maximum absolute atomic E-state index is 3.63. The van der Waals surface area contributed by atoms with E-state index in [0.717, 1.165) is 5.92 Å². The summed E-state index contributed by atoms with van der Waals surface area (Å²) in [6.45, 7) is 2.43. The first-order valence-corrected chi connectivity index (χ1v) is 6.79. The van der Waals surface area contributed by atoms with Crippen LogP contribution in [0.4, 0.5) is 0 Å². The SMILES string of the molecule is CSCCC(C)(CBr)C1CC1. The van der Waals surface area contributed by atoms with Crippen molar-refractivity contribution in [3.8, 4) is 0 Å². The summed E-state index contributed by atoms with van der Waals surface area (Å²) in [7, 11) is 0. The van der Waals surface area contributed by atoms with Crippen LogP contribution in [-0.2, 0) is 0 Å². The molecule has 1 aliphatic rings. The first kappa shape index (κ1) is 9.91. The standard InChI is InChI=1S/C9H17BrS/c1-9(7-10,5-6-11-2)8-3-4-8/h8H,3-7H2,1-2H3. The summed E-state index contributed by atoms with van der Waals surface area (Å²) in [6.07, 6.45) is 6.51. The molecule has 0 nitrogen and oxygen atoms in total. The molecule has 1 atom stereocenters. The van der Waals surface area contributed by atoms with Gasteiger partial charge in [-0.25, -0.2) is 0 Å². The average Bonchev–Trinajstić information content (AvgIpc) is 2.82. The normalized spacial score (nSPS) is 23.2. The Balaban J connectivity index is 2.31. The van der Waals surface area contributed by atoms with E-state index in [1.54, 1.807) is 0 Å². The van der Waals surface area contributed by atoms with E-state index >= 15 is 0 Å². The Labute approximate surface area is 82.6 Å². The first-order chi connectivity index (χ1) is 5.23. The van der Waals surface area contributed by atoms with Gasteiger partial charge in [-0.05, 0) is 42.6 Å². The smallest absolute Gasteiger partial charge is 0.00882 e. The van der Waals surface area contributed by atoms with E-state index in [0.29, 0.717) is 5.41 Å². The molecule has 1 fully saturated rings. The van der Waals surface area contributed by atoms with E-state index in [-0.39, 0.29) is 0 Å². The van der Waals surface area contributed by atoms with Gasteiger partial charge in [0.1, 0.15) is 0 Å². The molecule has 1 unspecified atom stereocenters. The molecule has 0 spiro atoms. The molecule has 1 aliphatic carbocycles. The summed E-state index contributed by atoms with van der Waals surface area (Å²) in [6, 6.07) is 0. The van der Waals surface area contributed by atoms with Gasteiger partial charge in [-0.1, -0.05) is 22.9 Å². The van der Waals surface area contributed by atoms with Crippen molar-refractivity contribution in [1.29, 1.82) is 0 Å². The van der Waals surface area contributed by atoms with Crippen LogP contribution in [0.3, 0.4) is 0 Å². The monoisotopic (exact) mass is 236 g/mol. The van der Waals surface area contributed by atoms with Crippen molar-refractivity contribution in [2.24, 2.45) is 11.3 Å². The van der Waals surface area contributed by atoms with Crippen LogP contribution in [0.15, 0.2) is 0 Å². The maximum atomic E-state index is 3.63. The van der Waals surface area contributed by atoms with E-state index in [4.69, 9.17) is 0 Å². The Hall–Kier alpha value is 0.830. The van der Waals surface area contributed by atoms with E-state index in [1.165, 1.54) is 30.3 Å². The second-order valence-electron chi connectivity index (χ2n) is 3.80. The number of hydrogen-bond donors (Lipinski definition) is 0. The largest absolute Gasteiger partial charge is 0.165 e. The molecule has 0 aromatic heterocycles. The lowest BCUT2D eigenvalue weighted by Crippen LogP contribution is -2.21. The molecule has 0 amide bonds. The number of hydrogen-bond acceptors (Lipinski definition) is 1. The van der Waals surface area contributed by atoms with Crippen LogP contribution in [0, 0.1) is 11.3 Å². The fourth-order valence-electron chi connectivity index (χ4n) is 1.50. The number of thioether (sulfide) groups is 1. The van der Waals surface area contributed by atoms with E-state index < -0.39 is 0 Å². The Kier molecular flexibility index (Phi) is 3.76. The molecule has 0 heterocycles. The second kappa shape index (κ2) is 4.18. The van der Waals surface area contributed by atoms with Crippen molar-refractivity contribution in [3.63, 3.8) is 0 Å². The molecule has 0 bridgehead atoms. The van der Waals surface area contributed by atoms with Crippen molar-refractivity contribution >= 4 is 27.7 Å². The minimum Gasteiger partial charge on any atom is -0.165 e. The van der Waals surface area contributed by atoms with Gasteiger partial charge in [0, 0.05) is 5.33 Å². The van der Waals surface area contributed by atoms with Crippen LogP contribution in [0.1, 0.15) is 26.2 Å². The van der Waals surface area contributed by atoms with Gasteiger partial charge in [0.2, 0.25) is 0 Å². The fourth-order valence-corrected chi connectivity index (χ4v) is 2.90. The van der Waals surface area contributed by atoms with Gasteiger partial charge in [-0.15, -0.1) is 0 Å². The summed E-state index contributed by atoms with van der Waals surface area (Å²) in [5, 5.41) is 1.19. The predicted molar refractivity (Wildman–Crippen MR) is 57.6 cm³/mol. The first-order valence-electron chi connectivity index (χ1n) is 4.28. The van der Waals surface area contributed by atoms with Crippen molar-refractivity contribution in [1.82, 2.24) is 0 Å². The van der Waals surface area contributed by atoms with Crippen LogP contribution in [0.5, 0.6) is 0 Å². The second-order valence-corrected chi connectivity index (χ2v) is 5.35. The topological polar surface area (TPSA) is 0 Å². The van der Waals surface area contributed by atoms with Gasteiger partial charge in [-0.3, -0.25) is 0 Å². The Morgan fingerprint density at radius 1 is 1.55 bits per heavy atom. The highest BCUT2D eigenvalue weighted by Gasteiger charge is 2.39. The maximum Gasteiger partial charge on any atom is 0.00882 e. The highest BCUT2D eigenvalue weighted by Crippen LogP contribution is 2.48. The number of alkyl halides is 1. The summed E-state index contributed by atoms with van der Waals surface area (Å²) >= 11 is 5.60. The zero-order valence-electron chi connectivity index (χ0n) is 7.40. The van der Waals surface area contributed by atoms with E-state index in [2.05, 4.69) is 29.1 Å². The van der Waals surface area contributed by atoms with Crippen LogP contribution in [0.25, 0.3) is 0 Å². The molecule has 2 heteroatoms. The zero-order valence-corrected chi connectivity index (χ0v) is 9.80. The minimum atomic E-state index is 0.600. The van der Waals surface area contributed by atoms with Gasteiger partial charge >= 0.3 is 0 Å². The Morgan fingerprint density at radius 2 is 2.18 bits per heavy atom. The zero-order chi connectivity index (χ0) is 8.32. The van der Waals surface area contributed by atoms with Crippen LogP contribution >= 0.6 is 27.7 Å². The van der Waals surface area contributed by atoms with Gasteiger partial charge in [-0.2, -0.15) is 11.8 Å². The minimum absolute atomic E-state index is 0.600. The highest BCUT2D eigenvalue weighted by molar-refractivity contribution is 9.09. The molecular formula is C9H17BrS. The lowest BCUT2D eigenvalue weighted by molar-refractivity contribution is 0.311. The van der Waals surface area contributed by atoms with Crippen molar-refractivity contribution in [2.75, 3.05) is 17.3 Å². The summed E-state index contributed by atoms with van der Waals surface area (Å²) < 4.78 is 0. The summed E-state index contributed by atoms with van der Waals surface area (Å²) in [5.41, 5.74) is 0.600. The molecule has 0 aliphatic heterocycles. The van der Waals surface area contributed by atoms with Crippen molar-refractivity contribution in [2.45, 2.75) is 26.2 Å². The molecular weight excluding hydrogens is 220 g/mol. The number of halogens is 1. The van der Waals surface area contributed by atoms with E-state index in [1.807, 2.05) is 11.8 Å². The third-order valence-electron chi connectivity index (χ3n) is 2.75. The van der Waals surface area contributed by atoms with Gasteiger partial charge in [0.15, 0.2) is 0 Å². The third-order valence-corrected chi connectivity index (χ3v) is 4.64. The van der Waals surface area contributed by atoms with Crippen LogP contribution in [-0.4, -0.2) is 17.3 Å². The van der Waals surface area contributed by atoms with Crippen molar-refractivity contribution in [3.05, 3.63) is 0 Å². The number of rotatable bonds is 5. The Morgan fingerprint density at radius 3 is 2.55 bits per heavy atom. The Bertz CT molecular complexity index is 123. The van der Waals surface area contributed by atoms with Crippen LogP contribution < -0.4 is 0 Å². The molecule has 0 aromatic carbocycles. The molecule has 1 saturated carbocycles. The summed E-state index contributed by atoms with van der Waals surface area (Å²) in [5.74, 6) is 2.34. The van der Waals surface area contributed by atoms with Gasteiger partial charge in [0.05, 0.1) is 0 Å². The molecule has 66 valence electrons. The molecule has 0 saturated heterocycles. The molecule has 0 radical (unpaired) electrons. The molecule has 0 N–H and O–H groups in total. The molecule has 11 heavy (non-hydrogen) atoms. The molecule has 0 aromatic rings. The predicted octanol–water partition coefficient (Wildman–Crippen LogP) is 3.55. The lowest BCUT2D eigenvalue weighted by atomic mass is 9.85. The quantitative estimate of drug-likeness (QED) is 0.659. The van der Waals surface area contributed by atoms with Crippen LogP contribution in [0.2, 0.25) is 0 Å². The van der Waals surface area contributed by atoms with Gasteiger partial charge in [0.25, 0.3) is 0 Å². The van der Waals surface area contributed by atoms with E-state index in [9.17, 15) is 0 Å². The third kappa shape index (κ3) is 2.66. The fraction of sp³-hybridized carbons (Fsp3) is 1.00. The summed E-state index contributed by atoms with van der Waals surface area (Å²) in [4.78, 5) is 0. The molecule has 1 rings (SSSR count). The lowest BCUT2D eigenvalue weighted by Gasteiger charge is -2.26. The highest BCUT2D eigenvalue weighted by atomic mass is 79.9. The average molecular weight is 237 g/mol. The van der Waals surface area contributed by atoms with Gasteiger partial charge < -0.3 is 0 Å². The van der Waals surface area contributed by atoms with Crippen molar-refractivity contribution < 1.29 is 0 Å².